The second kappa shape index (κ2) is 7.56. The van der Waals surface area contributed by atoms with Gasteiger partial charge in [-0.1, -0.05) is 0 Å². The van der Waals surface area contributed by atoms with Gasteiger partial charge in [0.1, 0.15) is 5.60 Å². The molecule has 7 heteroatoms. The summed E-state index contributed by atoms with van der Waals surface area (Å²) in [5.74, 6) is -0.464. The number of carboxylic acids is 1. The van der Waals surface area contributed by atoms with Gasteiger partial charge >= 0.3 is 12.1 Å². The van der Waals surface area contributed by atoms with Crippen LogP contribution >= 0.6 is 12.6 Å². The van der Waals surface area contributed by atoms with Gasteiger partial charge in [0.2, 0.25) is 0 Å². The average molecular weight is 366 g/mol. The van der Waals surface area contributed by atoms with E-state index in [1.54, 1.807) is 17.0 Å². The Balaban J connectivity index is 2.14. The van der Waals surface area contributed by atoms with Crippen molar-refractivity contribution in [3.05, 3.63) is 28.8 Å². The van der Waals surface area contributed by atoms with Crippen LogP contribution in [0.15, 0.2) is 12.1 Å². The van der Waals surface area contributed by atoms with Crippen molar-refractivity contribution in [3.63, 3.8) is 0 Å². The van der Waals surface area contributed by atoms with Crippen LogP contribution in [0.4, 0.5) is 10.5 Å². The van der Waals surface area contributed by atoms with Gasteiger partial charge in [-0.25, -0.2) is 9.59 Å². The zero-order valence-electron chi connectivity index (χ0n) is 15.2. The maximum absolute atomic E-state index is 12.2. The van der Waals surface area contributed by atoms with E-state index < -0.39 is 11.6 Å². The van der Waals surface area contributed by atoms with Crippen LogP contribution in [-0.2, 0) is 10.5 Å². The lowest BCUT2D eigenvalue weighted by Crippen LogP contribution is -2.50. The number of thiol groups is 1. The molecule has 25 heavy (non-hydrogen) atoms. The van der Waals surface area contributed by atoms with Crippen LogP contribution in [-0.4, -0.2) is 53.8 Å². The van der Waals surface area contributed by atoms with E-state index in [1.807, 2.05) is 27.7 Å². The third-order valence-electron chi connectivity index (χ3n) is 4.18. The average Bonchev–Trinajstić information content (AvgIpc) is 2.53. The molecule has 0 atom stereocenters. The Kier molecular flexibility index (Phi) is 5.87. The Morgan fingerprint density at radius 2 is 1.80 bits per heavy atom. The van der Waals surface area contributed by atoms with Crippen molar-refractivity contribution in [2.24, 2.45) is 0 Å². The normalized spacial score (nSPS) is 15.2. The van der Waals surface area contributed by atoms with Gasteiger partial charge in [0.05, 0.1) is 5.56 Å². The van der Waals surface area contributed by atoms with Crippen LogP contribution in [0.2, 0.25) is 0 Å². The quantitative estimate of drug-likeness (QED) is 0.804. The first-order chi connectivity index (χ1) is 11.6. The first-order valence-corrected chi connectivity index (χ1v) is 8.96. The highest BCUT2D eigenvalue weighted by Gasteiger charge is 2.27. The molecule has 0 aromatic heterocycles. The van der Waals surface area contributed by atoms with E-state index in [4.69, 9.17) is 4.74 Å². The van der Waals surface area contributed by atoms with Crippen LogP contribution in [0, 0.1) is 6.92 Å². The molecule has 0 radical (unpaired) electrons. The van der Waals surface area contributed by atoms with E-state index in [0.717, 1.165) is 16.8 Å². The highest BCUT2D eigenvalue weighted by atomic mass is 32.1. The molecule has 138 valence electrons. The molecule has 0 bridgehead atoms. The van der Waals surface area contributed by atoms with Crippen LogP contribution < -0.4 is 4.90 Å². The number of anilines is 1. The highest BCUT2D eigenvalue weighted by Crippen LogP contribution is 2.28. The van der Waals surface area contributed by atoms with E-state index in [-0.39, 0.29) is 11.7 Å². The van der Waals surface area contributed by atoms with Gasteiger partial charge in [0, 0.05) is 37.6 Å². The predicted octanol–water partition coefficient (Wildman–Crippen LogP) is 3.18. The maximum atomic E-state index is 12.2. The summed E-state index contributed by atoms with van der Waals surface area (Å²) in [6, 6.07) is 3.37. The van der Waals surface area contributed by atoms with Gasteiger partial charge in [-0.2, -0.15) is 12.6 Å². The minimum absolute atomic E-state index is 0.263. The lowest BCUT2D eigenvalue weighted by Gasteiger charge is -2.37. The molecule has 6 nitrogen and oxygen atoms in total. The minimum atomic E-state index is -0.948. The van der Waals surface area contributed by atoms with Crippen molar-refractivity contribution < 1.29 is 19.4 Å². The SMILES string of the molecule is Cc1c(CS)cc(C(=O)O)cc1N1CCN(C(=O)OC(C)(C)C)CC1. The number of piperazine rings is 1. The van der Waals surface area contributed by atoms with E-state index in [0.29, 0.717) is 31.9 Å². The Hall–Kier alpha value is -1.89. The predicted molar refractivity (Wildman–Crippen MR) is 101 cm³/mol. The maximum Gasteiger partial charge on any atom is 0.410 e. The molecule has 1 aliphatic rings. The highest BCUT2D eigenvalue weighted by molar-refractivity contribution is 7.79. The van der Waals surface area contributed by atoms with Crippen LogP contribution in [0.1, 0.15) is 42.3 Å². The topological polar surface area (TPSA) is 70.1 Å². The third-order valence-corrected chi connectivity index (χ3v) is 4.52. The molecule has 1 saturated heterocycles. The number of amides is 1. The number of carbonyl (C=O) groups excluding carboxylic acids is 1. The summed E-state index contributed by atoms with van der Waals surface area (Å²) in [5, 5.41) is 9.33. The second-order valence-electron chi connectivity index (χ2n) is 7.20. The summed E-state index contributed by atoms with van der Waals surface area (Å²) in [6.45, 7) is 9.88. The number of aromatic carboxylic acids is 1. The van der Waals surface area contributed by atoms with Crippen LogP contribution in [0.25, 0.3) is 0 Å². The summed E-state index contributed by atoms with van der Waals surface area (Å²) in [4.78, 5) is 27.4. The van der Waals surface area contributed by atoms with E-state index in [9.17, 15) is 14.7 Å². The molecule has 1 aliphatic heterocycles. The van der Waals surface area contributed by atoms with E-state index in [2.05, 4.69) is 17.5 Å². The molecule has 1 N–H and O–H groups in total. The number of hydrogen-bond donors (Lipinski definition) is 2. The van der Waals surface area contributed by atoms with Crippen LogP contribution in [0.5, 0.6) is 0 Å². The van der Waals surface area contributed by atoms with Gasteiger partial charge in [-0.05, 0) is 51.0 Å². The summed E-state index contributed by atoms with van der Waals surface area (Å²) in [7, 11) is 0. The number of carbonyl (C=O) groups is 2. The van der Waals surface area contributed by atoms with E-state index >= 15 is 0 Å². The van der Waals surface area contributed by atoms with Crippen molar-refractivity contribution in [2.45, 2.75) is 39.0 Å². The van der Waals surface area contributed by atoms with Gasteiger partial charge in [-0.15, -0.1) is 0 Å². The van der Waals surface area contributed by atoms with E-state index in [1.165, 1.54) is 0 Å². The first kappa shape index (κ1) is 19.4. The number of benzene rings is 1. The molecule has 0 saturated carbocycles. The largest absolute Gasteiger partial charge is 0.478 e. The lowest BCUT2D eigenvalue weighted by atomic mass is 10.0. The molecule has 1 aromatic rings. The molecule has 1 amide bonds. The summed E-state index contributed by atoms with van der Waals surface area (Å²) >= 11 is 4.31. The summed E-state index contributed by atoms with van der Waals surface area (Å²) in [5.41, 5.74) is 2.59. The summed E-state index contributed by atoms with van der Waals surface area (Å²) < 4.78 is 5.41. The zero-order valence-corrected chi connectivity index (χ0v) is 16.1. The number of ether oxygens (including phenoxy) is 1. The number of nitrogens with zero attached hydrogens (tertiary/aromatic N) is 2. The standard InChI is InChI=1S/C18H26N2O4S/c1-12-14(11-25)9-13(16(21)22)10-15(12)19-5-7-20(8-6-19)17(23)24-18(2,3)4/h9-10,25H,5-8,11H2,1-4H3,(H,21,22). The molecule has 0 aliphatic carbocycles. The molecule has 1 aromatic carbocycles. The first-order valence-electron chi connectivity index (χ1n) is 8.33. The number of carboxylic acid groups (broad SMARTS) is 1. The van der Waals surface area contributed by atoms with Gasteiger partial charge < -0.3 is 19.6 Å². The van der Waals surface area contributed by atoms with Gasteiger partial charge in [0.15, 0.2) is 0 Å². The lowest BCUT2D eigenvalue weighted by molar-refractivity contribution is 0.0240. The monoisotopic (exact) mass is 366 g/mol. The molecular formula is C18H26N2O4S. The molecule has 1 fully saturated rings. The van der Waals surface area contributed by atoms with Crippen LogP contribution in [0.3, 0.4) is 0 Å². The fourth-order valence-electron chi connectivity index (χ4n) is 2.83. The molecule has 0 spiro atoms. The Morgan fingerprint density at radius 3 is 2.28 bits per heavy atom. The van der Waals surface area contributed by atoms with Gasteiger partial charge in [0.25, 0.3) is 0 Å². The van der Waals surface area contributed by atoms with Crippen molar-refractivity contribution in [2.75, 3.05) is 31.1 Å². The van der Waals surface area contributed by atoms with Crippen molar-refractivity contribution >= 4 is 30.4 Å². The summed E-state index contributed by atoms with van der Waals surface area (Å²) in [6.07, 6.45) is -0.306. The van der Waals surface area contributed by atoms with Gasteiger partial charge in [-0.3, -0.25) is 0 Å². The number of rotatable bonds is 3. The second-order valence-corrected chi connectivity index (χ2v) is 7.51. The van der Waals surface area contributed by atoms with Crippen molar-refractivity contribution in [1.29, 1.82) is 0 Å². The molecule has 1 heterocycles. The molecule has 2 rings (SSSR count). The zero-order chi connectivity index (χ0) is 18.8. The fraction of sp³-hybridized carbons (Fsp3) is 0.556. The molecular weight excluding hydrogens is 340 g/mol. The van der Waals surface area contributed by atoms with Crippen molar-refractivity contribution in [3.8, 4) is 0 Å². The Bertz CT molecular complexity index is 662. The third kappa shape index (κ3) is 4.81. The molecule has 0 unspecified atom stereocenters. The fourth-order valence-corrected chi connectivity index (χ4v) is 3.16. The smallest absolute Gasteiger partial charge is 0.410 e. The Morgan fingerprint density at radius 1 is 1.20 bits per heavy atom. The van der Waals surface area contributed by atoms with Crippen molar-refractivity contribution in [1.82, 2.24) is 4.90 Å². The Labute approximate surface area is 154 Å². The minimum Gasteiger partial charge on any atom is -0.478 e. The number of hydrogen-bond acceptors (Lipinski definition) is 5.